The van der Waals surface area contributed by atoms with E-state index in [1.165, 1.54) is 7.11 Å². The molecule has 0 aliphatic rings. The summed E-state index contributed by atoms with van der Waals surface area (Å²) >= 11 is 3.18. The molecule has 0 unspecified atom stereocenters. The van der Waals surface area contributed by atoms with Crippen LogP contribution in [0.25, 0.3) is 0 Å². The molecule has 0 heterocycles. The van der Waals surface area contributed by atoms with Crippen LogP contribution in [0.1, 0.15) is 57.8 Å². The summed E-state index contributed by atoms with van der Waals surface area (Å²) in [7, 11) is 1.43. The average Bonchev–Trinajstić information content (AvgIpc) is 2.54. The minimum atomic E-state index is -0.125. The Labute approximate surface area is 143 Å². The molecule has 0 saturated carbocycles. The molecule has 0 aromatic rings. The van der Waals surface area contributed by atoms with Crippen LogP contribution in [0.2, 0.25) is 0 Å². The molecule has 22 heavy (non-hydrogen) atoms. The van der Waals surface area contributed by atoms with Crippen molar-refractivity contribution in [2.75, 3.05) is 7.11 Å². The van der Waals surface area contributed by atoms with Crippen LogP contribution in [0.15, 0.2) is 23.2 Å². The summed E-state index contributed by atoms with van der Waals surface area (Å²) < 4.78 is 4.59. The van der Waals surface area contributed by atoms with Crippen molar-refractivity contribution in [3.8, 4) is 23.7 Å². The lowest BCUT2D eigenvalue weighted by atomic mass is 10.1. The van der Waals surface area contributed by atoms with Crippen molar-refractivity contribution in [2.45, 2.75) is 57.8 Å². The summed E-state index contributed by atoms with van der Waals surface area (Å²) in [4.78, 5) is 12.7. The molecule has 2 nitrogen and oxygen atoms in total. The Morgan fingerprint density at radius 3 is 2.36 bits per heavy atom. The van der Waals surface area contributed by atoms with Gasteiger partial charge < -0.3 is 4.74 Å². The second kappa shape index (κ2) is 17.6. The van der Waals surface area contributed by atoms with E-state index >= 15 is 0 Å². The summed E-state index contributed by atoms with van der Waals surface area (Å²) in [6, 6.07) is 0. The number of hydrogen-bond donors (Lipinski definition) is 0. The number of ether oxygens (including phenoxy) is 1. The van der Waals surface area contributed by atoms with Crippen molar-refractivity contribution >= 4 is 21.9 Å². The van der Waals surface area contributed by atoms with Crippen LogP contribution in [0, 0.1) is 23.7 Å². The Morgan fingerprint density at radius 1 is 1.00 bits per heavy atom. The van der Waals surface area contributed by atoms with E-state index in [1.54, 1.807) is 11.1 Å². The Morgan fingerprint density at radius 2 is 1.68 bits per heavy atom. The SMILES string of the molecule is COC(=O)CCCCCC#C/C=C\CCCCC#C/C=C/Br. The summed E-state index contributed by atoms with van der Waals surface area (Å²) in [6.45, 7) is 0. The minimum Gasteiger partial charge on any atom is -0.469 e. The van der Waals surface area contributed by atoms with E-state index in [2.05, 4.69) is 50.4 Å². The second-order valence-electron chi connectivity index (χ2n) is 4.72. The molecule has 0 radical (unpaired) electrons. The third-order valence-electron chi connectivity index (χ3n) is 2.88. The molecule has 0 bridgehead atoms. The van der Waals surface area contributed by atoms with Crippen molar-refractivity contribution in [2.24, 2.45) is 0 Å². The Kier molecular flexibility index (Phi) is 16.4. The molecule has 0 spiro atoms. The molecule has 120 valence electrons. The third-order valence-corrected chi connectivity index (χ3v) is 3.15. The van der Waals surface area contributed by atoms with E-state index < -0.39 is 0 Å². The van der Waals surface area contributed by atoms with Crippen LogP contribution in [-0.4, -0.2) is 13.1 Å². The highest BCUT2D eigenvalue weighted by atomic mass is 79.9. The molecule has 3 heteroatoms. The molecule has 0 amide bonds. The van der Waals surface area contributed by atoms with Crippen molar-refractivity contribution < 1.29 is 9.53 Å². The number of allylic oxidation sites excluding steroid dienone is 3. The normalized spacial score (nSPS) is 10.1. The zero-order valence-corrected chi connectivity index (χ0v) is 15.0. The van der Waals surface area contributed by atoms with Crippen LogP contribution >= 0.6 is 15.9 Å². The summed E-state index contributed by atoms with van der Waals surface area (Å²) in [6.07, 6.45) is 14.5. The number of hydrogen-bond acceptors (Lipinski definition) is 2. The number of carbonyl (C=O) groups excluding carboxylic acids is 1. The van der Waals surface area contributed by atoms with Crippen LogP contribution < -0.4 is 0 Å². The first-order chi connectivity index (χ1) is 10.8. The van der Waals surface area contributed by atoms with Crippen molar-refractivity contribution in [1.82, 2.24) is 0 Å². The number of carbonyl (C=O) groups is 1. The van der Waals surface area contributed by atoms with Crippen molar-refractivity contribution in [3.63, 3.8) is 0 Å². The van der Waals surface area contributed by atoms with E-state index in [9.17, 15) is 4.79 Å². The standard InChI is InChI=1S/C19H25BrO2/c1-22-19(21)17-15-13-11-9-7-5-3-2-4-6-8-10-12-14-16-18-20/h2-3,16,18H,4,6,8-11,13,15,17H2,1H3/b3-2-,18-16+. The van der Waals surface area contributed by atoms with Gasteiger partial charge in [0.25, 0.3) is 0 Å². The number of halogens is 1. The van der Waals surface area contributed by atoms with Gasteiger partial charge in [0.15, 0.2) is 0 Å². The highest BCUT2D eigenvalue weighted by Gasteiger charge is 1.97. The largest absolute Gasteiger partial charge is 0.469 e. The van der Waals surface area contributed by atoms with E-state index in [4.69, 9.17) is 0 Å². The fraction of sp³-hybridized carbons (Fsp3) is 0.526. The van der Waals surface area contributed by atoms with E-state index in [0.717, 1.165) is 51.4 Å². The third kappa shape index (κ3) is 16.6. The topological polar surface area (TPSA) is 26.3 Å². The molecule has 0 aliphatic carbocycles. The summed E-state index contributed by atoms with van der Waals surface area (Å²) in [5.41, 5.74) is 0. The predicted molar refractivity (Wildman–Crippen MR) is 96.3 cm³/mol. The van der Waals surface area contributed by atoms with Gasteiger partial charge >= 0.3 is 5.97 Å². The number of unbranched alkanes of at least 4 members (excludes halogenated alkanes) is 6. The fourth-order valence-electron chi connectivity index (χ4n) is 1.67. The molecule has 0 aromatic heterocycles. The van der Waals surface area contributed by atoms with Crippen molar-refractivity contribution in [1.29, 1.82) is 0 Å². The highest BCUT2D eigenvalue weighted by Crippen LogP contribution is 2.03. The van der Waals surface area contributed by atoms with Gasteiger partial charge in [-0.3, -0.25) is 4.79 Å². The maximum Gasteiger partial charge on any atom is 0.305 e. The zero-order chi connectivity index (χ0) is 16.3. The lowest BCUT2D eigenvalue weighted by molar-refractivity contribution is -0.140. The van der Waals surface area contributed by atoms with E-state index in [1.807, 2.05) is 6.08 Å². The van der Waals surface area contributed by atoms with Gasteiger partial charge in [0.2, 0.25) is 0 Å². The van der Waals surface area contributed by atoms with Crippen LogP contribution in [0.3, 0.4) is 0 Å². The summed E-state index contributed by atoms with van der Waals surface area (Å²) in [5, 5.41) is 0. The van der Waals surface area contributed by atoms with Crippen molar-refractivity contribution in [3.05, 3.63) is 23.2 Å². The van der Waals surface area contributed by atoms with E-state index in [0.29, 0.717) is 6.42 Å². The van der Waals surface area contributed by atoms with Crippen LogP contribution in [0.5, 0.6) is 0 Å². The van der Waals surface area contributed by atoms with E-state index in [-0.39, 0.29) is 5.97 Å². The Bertz CT molecular complexity index is 455. The maximum absolute atomic E-state index is 10.9. The van der Waals surface area contributed by atoms with Gasteiger partial charge in [-0.15, -0.1) is 0 Å². The molecule has 0 rings (SSSR count). The fourth-order valence-corrected chi connectivity index (χ4v) is 1.81. The Balaban J connectivity index is 3.40. The summed E-state index contributed by atoms with van der Waals surface area (Å²) in [5.74, 6) is 12.1. The van der Waals surface area contributed by atoms with Gasteiger partial charge in [0, 0.05) is 19.3 Å². The molecule has 0 N–H and O–H groups in total. The van der Waals surface area contributed by atoms with Gasteiger partial charge in [0.1, 0.15) is 0 Å². The second-order valence-corrected chi connectivity index (χ2v) is 5.25. The van der Waals surface area contributed by atoms with Crippen LogP contribution in [-0.2, 0) is 9.53 Å². The first-order valence-electron chi connectivity index (χ1n) is 7.75. The average molecular weight is 365 g/mol. The van der Waals surface area contributed by atoms with Gasteiger partial charge in [0.05, 0.1) is 7.11 Å². The Hall–Kier alpha value is -1.45. The molecular weight excluding hydrogens is 340 g/mol. The van der Waals surface area contributed by atoms with Gasteiger partial charge in [-0.2, -0.15) is 0 Å². The predicted octanol–water partition coefficient (Wildman–Crippen LogP) is 5.14. The molecule has 0 aliphatic heterocycles. The van der Waals surface area contributed by atoms with Gasteiger partial charge in [-0.25, -0.2) is 0 Å². The number of rotatable bonds is 9. The maximum atomic E-state index is 10.9. The van der Waals surface area contributed by atoms with Crippen LogP contribution in [0.4, 0.5) is 0 Å². The number of methoxy groups -OCH3 is 1. The molecule has 0 aromatic carbocycles. The first-order valence-corrected chi connectivity index (χ1v) is 8.66. The van der Waals surface area contributed by atoms with Gasteiger partial charge in [-0.1, -0.05) is 52.1 Å². The molecule has 0 saturated heterocycles. The molecule has 0 atom stereocenters. The first kappa shape index (κ1) is 20.6. The number of esters is 1. The highest BCUT2D eigenvalue weighted by molar-refractivity contribution is 9.11. The smallest absolute Gasteiger partial charge is 0.305 e. The van der Waals surface area contributed by atoms with Gasteiger partial charge in [-0.05, 0) is 49.2 Å². The quantitative estimate of drug-likeness (QED) is 0.321. The monoisotopic (exact) mass is 364 g/mol. The molecule has 0 fully saturated rings. The zero-order valence-electron chi connectivity index (χ0n) is 13.4. The lowest BCUT2D eigenvalue weighted by Crippen LogP contribution is -1.98. The minimum absolute atomic E-state index is 0.125. The lowest BCUT2D eigenvalue weighted by Gasteiger charge is -1.97. The molecular formula is C19H25BrO2.